The fourth-order valence-electron chi connectivity index (χ4n) is 1.90. The van der Waals surface area contributed by atoms with Crippen LogP contribution in [0.4, 0.5) is 5.69 Å². The predicted molar refractivity (Wildman–Crippen MR) is 81.2 cm³/mol. The van der Waals surface area contributed by atoms with Crippen molar-refractivity contribution < 1.29 is 9.53 Å². The molecule has 2 aromatic carbocycles. The number of rotatable bonds is 4. The molecule has 0 bridgehead atoms. The number of nitriles is 1. The molecule has 1 amide bonds. The van der Waals surface area contributed by atoms with Gasteiger partial charge in [-0.3, -0.25) is 4.79 Å². The van der Waals surface area contributed by atoms with Crippen LogP contribution in [-0.4, -0.2) is 12.5 Å². The molecule has 106 valence electrons. The van der Waals surface area contributed by atoms with Crippen molar-refractivity contribution in [1.82, 2.24) is 0 Å². The fourth-order valence-corrected chi connectivity index (χ4v) is 1.90. The first-order valence-electron chi connectivity index (χ1n) is 6.60. The lowest BCUT2D eigenvalue weighted by molar-refractivity contribution is -0.118. The number of anilines is 1. The van der Waals surface area contributed by atoms with Gasteiger partial charge in [-0.15, -0.1) is 0 Å². The van der Waals surface area contributed by atoms with Crippen LogP contribution in [0.2, 0.25) is 0 Å². The average molecular weight is 280 g/mol. The summed E-state index contributed by atoms with van der Waals surface area (Å²) in [4.78, 5) is 11.9. The Morgan fingerprint density at radius 1 is 1.19 bits per heavy atom. The van der Waals surface area contributed by atoms with E-state index in [0.29, 0.717) is 17.0 Å². The van der Waals surface area contributed by atoms with Crippen molar-refractivity contribution in [2.45, 2.75) is 13.8 Å². The molecule has 0 aliphatic rings. The molecule has 2 aromatic rings. The second-order valence-corrected chi connectivity index (χ2v) is 4.69. The predicted octanol–water partition coefficient (Wildman–Crippen LogP) is 3.19. The zero-order chi connectivity index (χ0) is 15.2. The molecule has 4 heteroatoms. The number of benzene rings is 2. The Labute approximate surface area is 124 Å². The molecule has 0 radical (unpaired) electrons. The minimum absolute atomic E-state index is 0.0932. The van der Waals surface area contributed by atoms with E-state index in [0.717, 1.165) is 11.1 Å². The van der Waals surface area contributed by atoms with Crippen molar-refractivity contribution in [2.24, 2.45) is 0 Å². The van der Waals surface area contributed by atoms with E-state index in [1.54, 1.807) is 24.3 Å². The summed E-state index contributed by atoms with van der Waals surface area (Å²) in [6.07, 6.45) is 0. The smallest absolute Gasteiger partial charge is 0.262 e. The van der Waals surface area contributed by atoms with E-state index in [1.165, 1.54) is 0 Å². The van der Waals surface area contributed by atoms with E-state index >= 15 is 0 Å². The molecule has 0 spiro atoms. The van der Waals surface area contributed by atoms with Gasteiger partial charge in [-0.25, -0.2) is 0 Å². The van der Waals surface area contributed by atoms with Crippen molar-refractivity contribution in [1.29, 1.82) is 5.26 Å². The molecule has 4 nitrogen and oxygen atoms in total. The molecule has 0 unspecified atom stereocenters. The number of carbonyl (C=O) groups excluding carboxylic acids is 1. The molecule has 0 aromatic heterocycles. The lowest BCUT2D eigenvalue weighted by Gasteiger charge is -2.11. The van der Waals surface area contributed by atoms with Crippen LogP contribution in [0.3, 0.4) is 0 Å². The van der Waals surface area contributed by atoms with Crippen LogP contribution >= 0.6 is 0 Å². The summed E-state index contributed by atoms with van der Waals surface area (Å²) in [5.74, 6) is 0.400. The van der Waals surface area contributed by atoms with E-state index < -0.39 is 0 Å². The molecule has 1 N–H and O–H groups in total. The van der Waals surface area contributed by atoms with Crippen LogP contribution in [0.15, 0.2) is 42.5 Å². The summed E-state index contributed by atoms with van der Waals surface area (Å²) in [5.41, 5.74) is 3.05. The standard InChI is InChI=1S/C17H16N2O2/c1-12-6-5-9-16(13(12)2)21-11-17(20)19-15-8-4-3-7-14(15)10-18/h3-9H,11H2,1-2H3,(H,19,20). The number of ether oxygens (including phenoxy) is 1. The summed E-state index contributed by atoms with van der Waals surface area (Å²) in [5, 5.41) is 11.7. The maximum absolute atomic E-state index is 11.9. The number of nitrogens with one attached hydrogen (secondary N) is 1. The molecular weight excluding hydrogens is 264 g/mol. The van der Waals surface area contributed by atoms with E-state index in [4.69, 9.17) is 10.00 Å². The molecular formula is C17H16N2O2. The monoisotopic (exact) mass is 280 g/mol. The van der Waals surface area contributed by atoms with Crippen LogP contribution in [0.5, 0.6) is 5.75 Å². The zero-order valence-electron chi connectivity index (χ0n) is 12.0. The second-order valence-electron chi connectivity index (χ2n) is 4.69. The Bertz CT molecular complexity index is 702. The number of hydrogen-bond donors (Lipinski definition) is 1. The molecule has 0 aliphatic carbocycles. The van der Waals surface area contributed by atoms with Gasteiger partial charge in [0, 0.05) is 0 Å². The van der Waals surface area contributed by atoms with Gasteiger partial charge in [0.1, 0.15) is 11.8 Å². The van der Waals surface area contributed by atoms with Gasteiger partial charge in [-0.2, -0.15) is 5.26 Å². The molecule has 0 fully saturated rings. The highest BCUT2D eigenvalue weighted by atomic mass is 16.5. The number of hydrogen-bond acceptors (Lipinski definition) is 3. The SMILES string of the molecule is Cc1cccc(OCC(=O)Nc2ccccc2C#N)c1C. The maximum atomic E-state index is 11.9. The summed E-state index contributed by atoms with van der Waals surface area (Å²) in [6.45, 7) is 3.85. The zero-order valence-corrected chi connectivity index (χ0v) is 12.0. The van der Waals surface area contributed by atoms with Gasteiger partial charge in [0.15, 0.2) is 6.61 Å². The molecule has 0 saturated carbocycles. The first-order chi connectivity index (χ1) is 10.1. The second kappa shape index (κ2) is 6.58. The Kier molecular flexibility index (Phi) is 4.57. The Morgan fingerprint density at radius 3 is 2.71 bits per heavy atom. The van der Waals surface area contributed by atoms with Crippen LogP contribution < -0.4 is 10.1 Å². The fraction of sp³-hybridized carbons (Fsp3) is 0.176. The van der Waals surface area contributed by atoms with Crippen molar-refractivity contribution in [3.05, 3.63) is 59.2 Å². The molecule has 2 rings (SSSR count). The van der Waals surface area contributed by atoms with Gasteiger partial charge in [-0.05, 0) is 43.2 Å². The minimum atomic E-state index is -0.293. The highest BCUT2D eigenvalue weighted by Crippen LogP contribution is 2.20. The van der Waals surface area contributed by atoms with Gasteiger partial charge >= 0.3 is 0 Å². The first kappa shape index (κ1) is 14.6. The number of aryl methyl sites for hydroxylation is 1. The number of carbonyl (C=O) groups is 1. The molecule has 0 saturated heterocycles. The number of amides is 1. The maximum Gasteiger partial charge on any atom is 0.262 e. The summed E-state index contributed by atoms with van der Waals surface area (Å²) >= 11 is 0. The molecule has 0 aliphatic heterocycles. The van der Waals surface area contributed by atoms with Crippen LogP contribution in [0, 0.1) is 25.2 Å². The quantitative estimate of drug-likeness (QED) is 0.935. The van der Waals surface area contributed by atoms with Gasteiger partial charge in [0.25, 0.3) is 5.91 Å². The number of para-hydroxylation sites is 1. The van der Waals surface area contributed by atoms with Gasteiger partial charge in [0.05, 0.1) is 11.3 Å². The lowest BCUT2D eigenvalue weighted by atomic mass is 10.1. The minimum Gasteiger partial charge on any atom is -0.483 e. The van der Waals surface area contributed by atoms with Gasteiger partial charge < -0.3 is 10.1 Å². The topological polar surface area (TPSA) is 62.1 Å². The Morgan fingerprint density at radius 2 is 1.95 bits per heavy atom. The Hall–Kier alpha value is -2.80. The van der Waals surface area contributed by atoms with E-state index in [2.05, 4.69) is 5.32 Å². The van der Waals surface area contributed by atoms with Crippen molar-refractivity contribution in [3.63, 3.8) is 0 Å². The third kappa shape index (κ3) is 3.61. The van der Waals surface area contributed by atoms with Gasteiger partial charge in [0.2, 0.25) is 0 Å². The van der Waals surface area contributed by atoms with Crippen molar-refractivity contribution in [3.8, 4) is 11.8 Å². The van der Waals surface area contributed by atoms with Crippen molar-refractivity contribution in [2.75, 3.05) is 11.9 Å². The Balaban J connectivity index is 2.00. The summed E-state index contributed by atoms with van der Waals surface area (Å²) in [7, 11) is 0. The van der Waals surface area contributed by atoms with Gasteiger partial charge in [-0.1, -0.05) is 24.3 Å². The summed E-state index contributed by atoms with van der Waals surface area (Å²) < 4.78 is 5.53. The highest BCUT2D eigenvalue weighted by Gasteiger charge is 2.08. The average Bonchev–Trinajstić information content (AvgIpc) is 2.49. The molecule has 0 atom stereocenters. The van der Waals surface area contributed by atoms with E-state index in [1.807, 2.05) is 38.1 Å². The number of nitrogens with zero attached hydrogens (tertiary/aromatic N) is 1. The third-order valence-corrected chi connectivity index (χ3v) is 3.24. The lowest BCUT2D eigenvalue weighted by Crippen LogP contribution is -2.21. The normalized spacial score (nSPS) is 9.76. The van der Waals surface area contributed by atoms with E-state index in [-0.39, 0.29) is 12.5 Å². The van der Waals surface area contributed by atoms with Crippen LogP contribution in [-0.2, 0) is 4.79 Å². The molecule has 0 heterocycles. The van der Waals surface area contributed by atoms with Crippen LogP contribution in [0.25, 0.3) is 0 Å². The van der Waals surface area contributed by atoms with Crippen LogP contribution in [0.1, 0.15) is 16.7 Å². The van der Waals surface area contributed by atoms with E-state index in [9.17, 15) is 4.79 Å². The molecule has 21 heavy (non-hydrogen) atoms. The summed E-state index contributed by atoms with van der Waals surface area (Å²) in [6, 6.07) is 14.6. The third-order valence-electron chi connectivity index (χ3n) is 3.24. The first-order valence-corrected chi connectivity index (χ1v) is 6.60. The largest absolute Gasteiger partial charge is 0.483 e. The van der Waals surface area contributed by atoms with Crippen molar-refractivity contribution >= 4 is 11.6 Å². The highest BCUT2D eigenvalue weighted by molar-refractivity contribution is 5.93.